The molecule has 0 spiro atoms. The van der Waals surface area contributed by atoms with Crippen molar-refractivity contribution in [1.29, 1.82) is 0 Å². The molecular weight excluding hydrogens is 116 g/mol. The number of hydrogen-bond acceptors (Lipinski definition) is 1. The first-order valence-electron chi connectivity index (χ1n) is 2.55. The summed E-state index contributed by atoms with van der Waals surface area (Å²) in [5.74, 6) is 0. The number of furan rings is 1. The lowest BCUT2D eigenvalue weighted by Gasteiger charge is -1.78. The van der Waals surface area contributed by atoms with Gasteiger partial charge in [0.2, 0.25) is 0 Å². The van der Waals surface area contributed by atoms with Crippen molar-refractivity contribution in [3.8, 4) is 0 Å². The average molecular weight is 124 g/mol. The first-order chi connectivity index (χ1) is 3.93. The van der Waals surface area contributed by atoms with Crippen molar-refractivity contribution in [2.45, 2.75) is 0 Å². The summed E-state index contributed by atoms with van der Waals surface area (Å²) in [6, 6.07) is 1.99. The molecule has 0 saturated heterocycles. The average Bonchev–Trinajstić information content (AvgIpc) is 2.19. The van der Waals surface area contributed by atoms with Crippen LogP contribution >= 0.6 is 0 Å². The van der Waals surface area contributed by atoms with Gasteiger partial charge in [0.1, 0.15) is 0 Å². The summed E-state index contributed by atoms with van der Waals surface area (Å²) in [6.07, 6.45) is 3.49. The summed E-state index contributed by atoms with van der Waals surface area (Å²) >= 11 is 0. The van der Waals surface area contributed by atoms with Crippen LogP contribution in [0.15, 0.2) is 35.3 Å². The summed E-state index contributed by atoms with van der Waals surface area (Å²) in [4.78, 5) is 0. The molecule has 8 heavy (non-hydrogen) atoms. The molecule has 0 aromatic carbocycles. The van der Waals surface area contributed by atoms with Crippen LogP contribution in [0.3, 0.4) is 0 Å². The minimum Gasteiger partial charge on any atom is -0.473 e. The van der Waals surface area contributed by atoms with E-state index in [4.69, 9.17) is 4.42 Å². The Morgan fingerprint density at radius 1 is 1.75 bits per heavy atom. The highest BCUT2D eigenvalue weighted by atomic mass is 28.2. The van der Waals surface area contributed by atoms with Crippen LogP contribution in [0.4, 0.5) is 0 Å². The fourth-order valence-corrected chi connectivity index (χ4v) is 1.33. The van der Waals surface area contributed by atoms with Crippen molar-refractivity contribution in [2.24, 2.45) is 0 Å². The van der Waals surface area contributed by atoms with Gasteiger partial charge in [-0.2, -0.15) is 0 Å². The highest BCUT2D eigenvalue weighted by molar-refractivity contribution is 6.58. The third-order valence-electron chi connectivity index (χ3n) is 0.960. The molecule has 0 aliphatic rings. The van der Waals surface area contributed by atoms with E-state index in [1.807, 2.05) is 11.8 Å². The van der Waals surface area contributed by atoms with E-state index in [2.05, 4.69) is 6.58 Å². The van der Waals surface area contributed by atoms with Gasteiger partial charge in [0.15, 0.2) is 0 Å². The summed E-state index contributed by atoms with van der Waals surface area (Å²) in [6.45, 7) is 3.66. The molecule has 42 valence electrons. The highest BCUT2D eigenvalue weighted by Gasteiger charge is 1.86. The molecule has 1 aromatic rings. The van der Waals surface area contributed by atoms with Crippen molar-refractivity contribution in [1.82, 2.24) is 0 Å². The Morgan fingerprint density at radius 3 is 3.12 bits per heavy atom. The van der Waals surface area contributed by atoms with E-state index >= 15 is 0 Å². The minimum absolute atomic E-state index is 0.189. The van der Waals surface area contributed by atoms with Crippen LogP contribution in [-0.2, 0) is 0 Å². The van der Waals surface area contributed by atoms with E-state index < -0.39 is 0 Å². The standard InChI is InChI=1S/C6H8OSi/c1-2-8-6-3-4-7-5-6/h2-5H,1,8H2. The summed E-state index contributed by atoms with van der Waals surface area (Å²) in [5.41, 5.74) is 1.99. The molecule has 0 saturated carbocycles. The van der Waals surface area contributed by atoms with Gasteiger partial charge in [-0.3, -0.25) is 0 Å². The Morgan fingerprint density at radius 2 is 2.62 bits per heavy atom. The van der Waals surface area contributed by atoms with Crippen LogP contribution in [0, 0.1) is 0 Å². The number of hydrogen-bond donors (Lipinski definition) is 0. The van der Waals surface area contributed by atoms with E-state index in [1.54, 1.807) is 12.5 Å². The van der Waals surface area contributed by atoms with Crippen LogP contribution in [0.1, 0.15) is 0 Å². The van der Waals surface area contributed by atoms with E-state index in [9.17, 15) is 0 Å². The predicted octanol–water partition coefficient (Wildman–Crippen LogP) is 0.217. The van der Waals surface area contributed by atoms with Crippen molar-refractivity contribution in [2.75, 3.05) is 0 Å². The summed E-state index contributed by atoms with van der Waals surface area (Å²) < 4.78 is 4.85. The van der Waals surface area contributed by atoms with E-state index in [0.29, 0.717) is 0 Å². The Kier molecular flexibility index (Phi) is 1.69. The first-order valence-corrected chi connectivity index (χ1v) is 4.08. The smallest absolute Gasteiger partial charge is 0.0901 e. The fraction of sp³-hybridized carbons (Fsp3) is 0. The second-order valence-corrected chi connectivity index (χ2v) is 3.43. The molecule has 0 unspecified atom stereocenters. The van der Waals surface area contributed by atoms with Crippen LogP contribution in [-0.4, -0.2) is 9.52 Å². The molecule has 0 amide bonds. The number of rotatable bonds is 2. The van der Waals surface area contributed by atoms with Gasteiger partial charge in [0.25, 0.3) is 0 Å². The molecule has 0 fully saturated rings. The quantitative estimate of drug-likeness (QED) is 0.514. The van der Waals surface area contributed by atoms with Gasteiger partial charge >= 0.3 is 0 Å². The third kappa shape index (κ3) is 1.10. The SMILES string of the molecule is C=C[SiH2]c1ccoc1. The lowest BCUT2D eigenvalue weighted by atomic mass is 10.7. The maximum atomic E-state index is 4.85. The van der Waals surface area contributed by atoms with E-state index in [1.165, 1.54) is 5.19 Å². The van der Waals surface area contributed by atoms with Crippen molar-refractivity contribution in [3.63, 3.8) is 0 Å². The monoisotopic (exact) mass is 124 g/mol. The zero-order valence-corrected chi connectivity index (χ0v) is 6.05. The first kappa shape index (κ1) is 5.38. The Hall–Kier alpha value is -0.763. The molecule has 0 radical (unpaired) electrons. The summed E-state index contributed by atoms with van der Waals surface area (Å²) in [5, 5.41) is 1.32. The Bertz CT molecular complexity index is 155. The van der Waals surface area contributed by atoms with Gasteiger partial charge in [-0.05, 0) is 11.3 Å². The van der Waals surface area contributed by atoms with E-state index in [-0.39, 0.29) is 9.52 Å². The second-order valence-electron chi connectivity index (χ2n) is 1.62. The van der Waals surface area contributed by atoms with Gasteiger partial charge in [0, 0.05) is 0 Å². The third-order valence-corrected chi connectivity index (χ3v) is 2.12. The lowest BCUT2D eigenvalue weighted by Crippen LogP contribution is -2.06. The van der Waals surface area contributed by atoms with Gasteiger partial charge in [0.05, 0.1) is 22.0 Å². The molecular formula is C6H8OSi. The highest BCUT2D eigenvalue weighted by Crippen LogP contribution is 1.79. The molecule has 1 heterocycles. The molecule has 0 N–H and O–H groups in total. The van der Waals surface area contributed by atoms with Gasteiger partial charge < -0.3 is 4.42 Å². The maximum absolute atomic E-state index is 4.85. The maximum Gasteiger partial charge on any atom is 0.0901 e. The van der Waals surface area contributed by atoms with Crippen molar-refractivity contribution >= 4 is 14.7 Å². The summed E-state index contributed by atoms with van der Waals surface area (Å²) in [7, 11) is -0.189. The predicted molar refractivity (Wildman–Crippen MR) is 37.1 cm³/mol. The molecule has 0 aliphatic heterocycles. The topological polar surface area (TPSA) is 13.1 Å². The van der Waals surface area contributed by atoms with Crippen LogP contribution < -0.4 is 5.19 Å². The van der Waals surface area contributed by atoms with E-state index in [0.717, 1.165) is 0 Å². The zero-order valence-electron chi connectivity index (χ0n) is 4.63. The largest absolute Gasteiger partial charge is 0.473 e. The molecule has 0 aliphatic carbocycles. The Labute approximate surface area is 50.8 Å². The molecule has 1 nitrogen and oxygen atoms in total. The van der Waals surface area contributed by atoms with Gasteiger partial charge in [-0.15, -0.1) is 12.3 Å². The van der Waals surface area contributed by atoms with Crippen LogP contribution in [0.5, 0.6) is 0 Å². The molecule has 0 atom stereocenters. The fourth-order valence-electron chi connectivity index (χ4n) is 0.575. The second kappa shape index (κ2) is 2.52. The Balaban J connectivity index is 2.62. The lowest BCUT2D eigenvalue weighted by molar-refractivity contribution is 0.569. The molecule has 0 bridgehead atoms. The van der Waals surface area contributed by atoms with Crippen molar-refractivity contribution in [3.05, 3.63) is 30.9 Å². The zero-order chi connectivity index (χ0) is 5.82. The van der Waals surface area contributed by atoms with Crippen molar-refractivity contribution < 1.29 is 4.42 Å². The van der Waals surface area contributed by atoms with Gasteiger partial charge in [-0.25, -0.2) is 0 Å². The van der Waals surface area contributed by atoms with Gasteiger partial charge in [-0.1, -0.05) is 0 Å². The normalized spacial score (nSPS) is 10.5. The molecule has 1 aromatic heterocycles. The minimum atomic E-state index is -0.189. The van der Waals surface area contributed by atoms with Crippen LogP contribution in [0.2, 0.25) is 0 Å². The van der Waals surface area contributed by atoms with Crippen LogP contribution in [0.25, 0.3) is 0 Å². The molecule has 2 heteroatoms. The molecule has 1 rings (SSSR count).